The van der Waals surface area contributed by atoms with E-state index in [-0.39, 0.29) is 12.0 Å². The lowest BCUT2D eigenvalue weighted by Crippen LogP contribution is -2.32. The third kappa shape index (κ3) is 10.4. The average Bonchev–Trinajstić information content (AvgIpc) is 3.79. The summed E-state index contributed by atoms with van der Waals surface area (Å²) in [4.78, 5) is 23.7. The van der Waals surface area contributed by atoms with Crippen LogP contribution in [0.15, 0.2) is 97.1 Å². The van der Waals surface area contributed by atoms with Crippen molar-refractivity contribution in [2.45, 2.75) is 69.8 Å². The molecule has 12 nitrogen and oxygen atoms in total. The first kappa shape index (κ1) is 43.0. The van der Waals surface area contributed by atoms with Gasteiger partial charge in [0.05, 0.1) is 17.1 Å². The zero-order valence-corrected chi connectivity index (χ0v) is 37.3. The van der Waals surface area contributed by atoms with E-state index < -0.39 is 0 Å². The molecule has 3 unspecified atom stereocenters. The second-order valence-electron chi connectivity index (χ2n) is 15.4. The predicted octanol–water partition coefficient (Wildman–Crippen LogP) is 11.1. The highest BCUT2D eigenvalue weighted by Gasteiger charge is 2.29. The van der Waals surface area contributed by atoms with E-state index in [1.165, 1.54) is 35.3 Å². The van der Waals surface area contributed by atoms with Gasteiger partial charge in [0.1, 0.15) is 6.10 Å². The fourth-order valence-electron chi connectivity index (χ4n) is 8.08. The Balaban J connectivity index is 0.944. The molecule has 1 saturated carbocycles. The lowest BCUT2D eigenvalue weighted by Gasteiger charge is -2.34. The number of hydrogen-bond donors (Lipinski definition) is 6. The quantitative estimate of drug-likeness (QED) is 0.0392. The average molecular weight is 881 g/mol. The number of nitrogens with one attached hydrogen (secondary N) is 6. The number of anilines is 4. The Hall–Kier alpha value is -5.13. The summed E-state index contributed by atoms with van der Waals surface area (Å²) in [5.74, 6) is 0.816. The topological polar surface area (TPSA) is 130 Å². The first-order valence-corrected chi connectivity index (χ1v) is 22.0. The standard InChI is InChI=1S/C44H52N10O2S4/c1-4-37(56-50-32-15-10-19-36(27-32)54-43(59)48-49-44(54)60)28-52(3)34-17-8-13-30(25-34)39-21-6-5-20-38(39)29-12-7-16-33(24-29)51(2)23-11-22-40(55)45-31-14-9-18-35(26-31)53-41(57)46-47-42(53)58/h7-10,12-19,24-27,37-39,50H,4-6,11,20-23,28H2,1-3H3,(H,45,55)(H,46,57)(H,47,58)(H,48,59)(H,49,60). The van der Waals surface area contributed by atoms with Crippen LogP contribution in [0.5, 0.6) is 0 Å². The highest BCUT2D eigenvalue weighted by molar-refractivity contribution is 7.72. The number of amides is 1. The number of benzene rings is 4. The molecule has 7 rings (SSSR count). The molecule has 1 amide bonds. The van der Waals surface area contributed by atoms with E-state index in [0.29, 0.717) is 43.0 Å². The SMILES string of the molecule is CCC(CN(C)c1cccc(C2CCCCC2c2cccc(N(C)CCCC(=O)Nc3cccc(-n4c(=S)[nH][nH]c4=S)c3)c2)c1)ONc1cccc(-n2c(=S)[nH][nH]c2=S)c1. The summed E-state index contributed by atoms with van der Waals surface area (Å²) >= 11 is 21.5. The Morgan fingerprint density at radius 1 is 0.717 bits per heavy atom. The third-order valence-electron chi connectivity index (χ3n) is 11.3. The minimum atomic E-state index is -0.0523. The Labute approximate surface area is 370 Å². The lowest BCUT2D eigenvalue weighted by atomic mass is 9.72. The van der Waals surface area contributed by atoms with E-state index in [4.69, 9.17) is 53.7 Å². The Bertz CT molecular complexity index is 2590. The molecule has 60 heavy (non-hydrogen) atoms. The number of carbonyl (C=O) groups excluding carboxylic acids is 1. The molecule has 1 aliphatic rings. The van der Waals surface area contributed by atoms with Crippen LogP contribution in [0, 0.1) is 19.1 Å². The maximum atomic E-state index is 13.0. The molecule has 0 aliphatic heterocycles. The van der Waals surface area contributed by atoms with Gasteiger partial charge in [0.2, 0.25) is 5.91 Å². The van der Waals surface area contributed by atoms with Gasteiger partial charge < -0.3 is 15.1 Å². The number of carbonyl (C=O) groups is 1. The van der Waals surface area contributed by atoms with E-state index >= 15 is 0 Å². The normalized spacial score (nSPS) is 15.7. The number of hydrogen-bond acceptors (Lipinski definition) is 9. The van der Waals surface area contributed by atoms with Crippen LogP contribution < -0.4 is 20.6 Å². The van der Waals surface area contributed by atoms with E-state index in [2.05, 4.69) is 111 Å². The van der Waals surface area contributed by atoms with Crippen LogP contribution >= 0.6 is 48.9 Å². The fraction of sp³-hybridized carbons (Fsp3) is 0.341. The molecular weight excluding hydrogens is 829 g/mol. The molecule has 3 atom stereocenters. The van der Waals surface area contributed by atoms with Crippen molar-refractivity contribution in [3.8, 4) is 11.4 Å². The molecule has 4 aromatic carbocycles. The van der Waals surface area contributed by atoms with Gasteiger partial charge >= 0.3 is 0 Å². The number of rotatable bonds is 17. The molecule has 6 N–H and O–H groups in total. The number of likely N-dealkylation sites (N-methyl/N-ethyl adjacent to an activating group) is 1. The van der Waals surface area contributed by atoms with Crippen molar-refractivity contribution in [2.24, 2.45) is 0 Å². The summed E-state index contributed by atoms with van der Waals surface area (Å²) in [6.07, 6.45) is 6.67. The number of H-pyrrole nitrogens is 4. The van der Waals surface area contributed by atoms with Gasteiger partial charge in [-0.1, -0.05) is 56.2 Å². The van der Waals surface area contributed by atoms with Crippen LogP contribution in [-0.2, 0) is 9.63 Å². The third-order valence-corrected chi connectivity index (χ3v) is 12.4. The second-order valence-corrected chi connectivity index (χ2v) is 16.9. The van der Waals surface area contributed by atoms with Gasteiger partial charge in [-0.15, -0.1) is 0 Å². The van der Waals surface area contributed by atoms with Gasteiger partial charge in [0.15, 0.2) is 19.1 Å². The summed E-state index contributed by atoms with van der Waals surface area (Å²) in [6.45, 7) is 3.62. The first-order valence-electron chi connectivity index (χ1n) is 20.4. The molecule has 2 heterocycles. The first-order chi connectivity index (χ1) is 29.1. The summed E-state index contributed by atoms with van der Waals surface area (Å²) < 4.78 is 5.44. The van der Waals surface area contributed by atoms with Gasteiger partial charge in [-0.3, -0.25) is 44.6 Å². The monoisotopic (exact) mass is 880 g/mol. The van der Waals surface area contributed by atoms with E-state index in [1.807, 2.05) is 48.5 Å². The van der Waals surface area contributed by atoms with Crippen molar-refractivity contribution in [3.63, 3.8) is 0 Å². The zero-order chi connectivity index (χ0) is 42.2. The number of aromatic amines is 4. The van der Waals surface area contributed by atoms with Crippen molar-refractivity contribution >= 4 is 77.5 Å². The fourth-order valence-corrected chi connectivity index (χ4v) is 9.18. The Morgan fingerprint density at radius 3 is 1.77 bits per heavy atom. The van der Waals surface area contributed by atoms with Crippen molar-refractivity contribution in [1.29, 1.82) is 0 Å². The van der Waals surface area contributed by atoms with E-state index in [9.17, 15) is 4.79 Å². The summed E-state index contributed by atoms with van der Waals surface area (Å²) in [6, 6.07) is 33.4. The molecule has 6 aromatic rings. The van der Waals surface area contributed by atoms with Crippen LogP contribution in [-0.4, -0.2) is 68.7 Å². The highest BCUT2D eigenvalue weighted by atomic mass is 32.1. The maximum absolute atomic E-state index is 13.0. The minimum Gasteiger partial charge on any atom is -0.375 e. The molecule has 0 spiro atoms. The summed E-state index contributed by atoms with van der Waals surface area (Å²) in [5, 5.41) is 14.5. The van der Waals surface area contributed by atoms with Crippen LogP contribution in [0.2, 0.25) is 0 Å². The number of aromatic nitrogens is 6. The van der Waals surface area contributed by atoms with Crippen molar-refractivity contribution in [3.05, 3.63) is 127 Å². The lowest BCUT2D eigenvalue weighted by molar-refractivity contribution is -0.116. The molecule has 1 fully saturated rings. The van der Waals surface area contributed by atoms with Crippen LogP contribution in [0.25, 0.3) is 11.4 Å². The molecule has 16 heteroatoms. The molecule has 2 aromatic heterocycles. The summed E-state index contributed by atoms with van der Waals surface area (Å²) in [7, 11) is 4.24. The molecule has 0 radical (unpaired) electrons. The zero-order valence-electron chi connectivity index (χ0n) is 34.1. The highest BCUT2D eigenvalue weighted by Crippen LogP contribution is 2.45. The molecule has 0 saturated heterocycles. The van der Waals surface area contributed by atoms with Gasteiger partial charge in [-0.25, -0.2) is 0 Å². The van der Waals surface area contributed by atoms with Crippen molar-refractivity contribution in [2.75, 3.05) is 47.8 Å². The van der Waals surface area contributed by atoms with Crippen molar-refractivity contribution in [1.82, 2.24) is 29.5 Å². The van der Waals surface area contributed by atoms with Gasteiger partial charge in [-0.2, -0.15) is 0 Å². The number of nitrogens with zero attached hydrogens (tertiary/aromatic N) is 4. The Morgan fingerprint density at radius 2 is 1.22 bits per heavy atom. The smallest absolute Gasteiger partial charge is 0.224 e. The minimum absolute atomic E-state index is 0.0314. The largest absolute Gasteiger partial charge is 0.375 e. The van der Waals surface area contributed by atoms with Crippen LogP contribution in [0.1, 0.15) is 74.8 Å². The molecule has 314 valence electrons. The summed E-state index contributed by atoms with van der Waals surface area (Å²) in [5.41, 5.74) is 11.4. The molecule has 0 bridgehead atoms. The molecular formula is C44H52N10O2S4. The van der Waals surface area contributed by atoms with Gasteiger partial charge in [0, 0.05) is 50.7 Å². The second kappa shape index (κ2) is 20.0. The van der Waals surface area contributed by atoms with Crippen molar-refractivity contribution < 1.29 is 9.63 Å². The van der Waals surface area contributed by atoms with Gasteiger partial charge in [0.25, 0.3) is 0 Å². The Kier molecular flexibility index (Phi) is 14.3. The molecule has 1 aliphatic carbocycles. The predicted molar refractivity (Wildman–Crippen MR) is 252 cm³/mol. The van der Waals surface area contributed by atoms with Gasteiger partial charge in [-0.05, 0) is 158 Å². The van der Waals surface area contributed by atoms with E-state index in [1.54, 1.807) is 9.13 Å². The van der Waals surface area contributed by atoms with E-state index in [0.717, 1.165) is 55.8 Å². The van der Waals surface area contributed by atoms with Crippen LogP contribution in [0.3, 0.4) is 0 Å². The van der Waals surface area contributed by atoms with Crippen LogP contribution in [0.4, 0.5) is 22.7 Å². The maximum Gasteiger partial charge on any atom is 0.224 e.